The Morgan fingerprint density at radius 2 is 1.54 bits per heavy atom. The van der Waals surface area contributed by atoms with Gasteiger partial charge in [-0.3, -0.25) is 0 Å². The van der Waals surface area contributed by atoms with Crippen LogP contribution in [0.4, 0.5) is 0 Å². The van der Waals surface area contributed by atoms with Crippen LogP contribution < -0.4 is 9.92 Å². The number of rotatable bonds is 2. The third-order valence-electron chi connectivity index (χ3n) is 2.35. The summed E-state index contributed by atoms with van der Waals surface area (Å²) in [5.74, 6) is 1.04. The average Bonchev–Trinajstić information content (AvgIpc) is 2.03. The fourth-order valence-corrected chi connectivity index (χ4v) is 2.81. The van der Waals surface area contributed by atoms with Crippen LogP contribution in [-0.4, -0.2) is 15.9 Å². The van der Waals surface area contributed by atoms with E-state index in [9.17, 15) is 0 Å². The second-order valence-electron chi connectivity index (χ2n) is 3.84. The molecule has 0 atom stereocenters. The number of ether oxygens (including phenoxy) is 1. The van der Waals surface area contributed by atoms with E-state index in [2.05, 4.69) is 39.1 Å². The van der Waals surface area contributed by atoms with Crippen molar-refractivity contribution in [1.82, 2.24) is 0 Å². The number of benzene rings is 1. The van der Waals surface area contributed by atoms with E-state index in [0.717, 1.165) is 5.75 Å². The van der Waals surface area contributed by atoms with Crippen molar-refractivity contribution in [3.05, 3.63) is 23.3 Å². The first-order valence-electron chi connectivity index (χ1n) is 4.71. The predicted octanol–water partition coefficient (Wildman–Crippen LogP) is 2.01. The fourth-order valence-electron chi connectivity index (χ4n) is 1.64. The highest BCUT2D eigenvalue weighted by molar-refractivity contribution is 6.70. The molecule has 0 aromatic heterocycles. The zero-order valence-corrected chi connectivity index (χ0v) is 10.3. The first-order chi connectivity index (χ1) is 6.06. The summed E-state index contributed by atoms with van der Waals surface area (Å²) >= 11 is 0. The molecule has 0 aliphatic rings. The molecule has 2 heteroatoms. The Labute approximate surface area is 82.3 Å². The summed E-state index contributed by atoms with van der Waals surface area (Å²) in [5.41, 5.74) is 2.53. The van der Waals surface area contributed by atoms with Crippen molar-refractivity contribution in [2.45, 2.75) is 26.9 Å². The summed E-state index contributed by atoms with van der Waals surface area (Å²) in [6.45, 7) is 8.93. The lowest BCUT2D eigenvalue weighted by atomic mass is 10.1. The van der Waals surface area contributed by atoms with Crippen LogP contribution in [0.3, 0.4) is 0 Å². The van der Waals surface area contributed by atoms with Crippen LogP contribution in [-0.2, 0) is 0 Å². The Hall–Kier alpha value is -0.763. The maximum Gasteiger partial charge on any atom is 0.124 e. The average molecular weight is 194 g/mol. The Balaban J connectivity index is 3.20. The van der Waals surface area contributed by atoms with Gasteiger partial charge in [-0.1, -0.05) is 30.4 Å². The highest BCUT2D eigenvalue weighted by atomic mass is 28.3. The lowest BCUT2D eigenvalue weighted by Gasteiger charge is -2.12. The van der Waals surface area contributed by atoms with E-state index in [1.165, 1.54) is 16.3 Å². The van der Waals surface area contributed by atoms with Gasteiger partial charge in [-0.15, -0.1) is 0 Å². The van der Waals surface area contributed by atoms with E-state index >= 15 is 0 Å². The van der Waals surface area contributed by atoms with E-state index < -0.39 is 8.80 Å². The first-order valence-corrected chi connectivity index (χ1v) is 7.60. The third kappa shape index (κ3) is 2.13. The van der Waals surface area contributed by atoms with Crippen LogP contribution >= 0.6 is 0 Å². The van der Waals surface area contributed by atoms with Crippen molar-refractivity contribution < 1.29 is 4.74 Å². The largest absolute Gasteiger partial charge is 0.496 e. The predicted molar refractivity (Wildman–Crippen MR) is 61.0 cm³/mol. The third-order valence-corrected chi connectivity index (χ3v) is 4.02. The molecule has 0 radical (unpaired) electrons. The van der Waals surface area contributed by atoms with Crippen LogP contribution in [0.25, 0.3) is 0 Å². The number of hydrogen-bond acceptors (Lipinski definition) is 1. The van der Waals surface area contributed by atoms with Gasteiger partial charge in [0.15, 0.2) is 0 Å². The van der Waals surface area contributed by atoms with Crippen molar-refractivity contribution in [2.24, 2.45) is 0 Å². The molecule has 0 fully saturated rings. The molecule has 1 rings (SSSR count). The Morgan fingerprint density at radius 1 is 1.08 bits per heavy atom. The van der Waals surface area contributed by atoms with Crippen molar-refractivity contribution in [1.29, 1.82) is 0 Å². The van der Waals surface area contributed by atoms with Gasteiger partial charge in [0, 0.05) is 0 Å². The van der Waals surface area contributed by atoms with E-state index in [4.69, 9.17) is 4.74 Å². The maximum atomic E-state index is 5.33. The summed E-state index contributed by atoms with van der Waals surface area (Å²) in [4.78, 5) is 0. The van der Waals surface area contributed by atoms with Gasteiger partial charge in [-0.2, -0.15) is 0 Å². The SMILES string of the molecule is COc1c(C)cc([SiH](C)C)cc1C. The highest BCUT2D eigenvalue weighted by Gasteiger charge is 2.07. The van der Waals surface area contributed by atoms with Crippen molar-refractivity contribution >= 4 is 14.0 Å². The van der Waals surface area contributed by atoms with Crippen molar-refractivity contribution in [3.8, 4) is 5.75 Å². The highest BCUT2D eigenvalue weighted by Crippen LogP contribution is 2.20. The molecule has 13 heavy (non-hydrogen) atoms. The minimum atomic E-state index is -0.672. The van der Waals surface area contributed by atoms with Gasteiger partial charge in [0.25, 0.3) is 0 Å². The van der Waals surface area contributed by atoms with E-state index in [0.29, 0.717) is 0 Å². The lowest BCUT2D eigenvalue weighted by molar-refractivity contribution is 0.408. The number of methoxy groups -OCH3 is 1. The van der Waals surface area contributed by atoms with Crippen LogP contribution in [0, 0.1) is 13.8 Å². The normalized spacial score (nSPS) is 10.6. The molecule has 1 nitrogen and oxygen atoms in total. The van der Waals surface area contributed by atoms with Gasteiger partial charge in [-0.05, 0) is 25.0 Å². The maximum absolute atomic E-state index is 5.33. The smallest absolute Gasteiger partial charge is 0.124 e. The minimum absolute atomic E-state index is 0.672. The van der Waals surface area contributed by atoms with Crippen LogP contribution in [0.5, 0.6) is 5.75 Å². The molecular weight excluding hydrogens is 176 g/mol. The molecule has 1 aromatic rings. The van der Waals surface area contributed by atoms with Gasteiger partial charge in [-0.25, -0.2) is 0 Å². The molecule has 0 saturated heterocycles. The summed E-state index contributed by atoms with van der Waals surface area (Å²) in [6, 6.07) is 4.53. The van der Waals surface area contributed by atoms with Gasteiger partial charge < -0.3 is 4.74 Å². The van der Waals surface area contributed by atoms with Gasteiger partial charge >= 0.3 is 0 Å². The zero-order valence-electron chi connectivity index (χ0n) is 9.14. The topological polar surface area (TPSA) is 9.23 Å². The summed E-state index contributed by atoms with van der Waals surface area (Å²) in [5, 5.41) is 1.52. The minimum Gasteiger partial charge on any atom is -0.496 e. The molecule has 0 N–H and O–H groups in total. The number of aryl methyl sites for hydroxylation is 2. The molecule has 0 aliphatic heterocycles. The van der Waals surface area contributed by atoms with E-state index in [1.807, 2.05) is 0 Å². The molecular formula is C11H18OSi. The first kappa shape index (κ1) is 10.3. The van der Waals surface area contributed by atoms with E-state index in [-0.39, 0.29) is 0 Å². The molecule has 0 saturated carbocycles. The molecule has 1 aromatic carbocycles. The van der Waals surface area contributed by atoms with Gasteiger partial charge in [0.1, 0.15) is 5.75 Å². The van der Waals surface area contributed by atoms with Gasteiger partial charge in [0.05, 0.1) is 15.9 Å². The van der Waals surface area contributed by atoms with Gasteiger partial charge in [0.2, 0.25) is 0 Å². The zero-order chi connectivity index (χ0) is 10.0. The molecule has 72 valence electrons. The second-order valence-corrected chi connectivity index (χ2v) is 6.82. The quantitative estimate of drug-likeness (QED) is 0.654. The molecule has 0 bridgehead atoms. The second kappa shape index (κ2) is 3.96. The number of hydrogen-bond donors (Lipinski definition) is 0. The van der Waals surface area contributed by atoms with Crippen LogP contribution in [0.15, 0.2) is 12.1 Å². The van der Waals surface area contributed by atoms with Crippen molar-refractivity contribution in [2.75, 3.05) is 7.11 Å². The monoisotopic (exact) mass is 194 g/mol. The molecule has 0 amide bonds. The lowest BCUT2D eigenvalue weighted by Crippen LogP contribution is -2.23. The van der Waals surface area contributed by atoms with E-state index in [1.54, 1.807) is 7.11 Å². The fraction of sp³-hybridized carbons (Fsp3) is 0.455. The summed E-state index contributed by atoms with van der Waals surface area (Å²) in [6.07, 6.45) is 0. The Bertz CT molecular complexity index is 282. The Morgan fingerprint density at radius 3 is 1.85 bits per heavy atom. The van der Waals surface area contributed by atoms with Crippen molar-refractivity contribution in [3.63, 3.8) is 0 Å². The molecule has 0 aliphatic carbocycles. The van der Waals surface area contributed by atoms with Crippen LogP contribution in [0.2, 0.25) is 13.1 Å². The standard InChI is InChI=1S/C11H18OSi/c1-8-6-10(13(4)5)7-9(2)11(8)12-3/h6-7,13H,1-5H3. The Kier molecular flexibility index (Phi) is 3.15. The van der Waals surface area contributed by atoms with Crippen LogP contribution in [0.1, 0.15) is 11.1 Å². The molecule has 0 unspecified atom stereocenters. The summed E-state index contributed by atoms with van der Waals surface area (Å²) in [7, 11) is 1.07. The molecule has 0 spiro atoms. The summed E-state index contributed by atoms with van der Waals surface area (Å²) < 4.78 is 5.33. The molecule has 0 heterocycles.